The van der Waals surface area contributed by atoms with Gasteiger partial charge in [-0.15, -0.1) is 0 Å². The van der Waals surface area contributed by atoms with Gasteiger partial charge in [-0.2, -0.15) is 0 Å². The number of rotatable bonds is 4. The molecule has 3 rings (SSSR count). The molecule has 2 N–H and O–H groups in total. The van der Waals surface area contributed by atoms with Gasteiger partial charge in [-0.3, -0.25) is 9.59 Å². The second-order valence-electron chi connectivity index (χ2n) is 7.59. The zero-order valence-corrected chi connectivity index (χ0v) is 15.1. The summed E-state index contributed by atoms with van der Waals surface area (Å²) in [4.78, 5) is 27.1. The van der Waals surface area contributed by atoms with Crippen molar-refractivity contribution in [3.05, 3.63) is 29.3 Å². The third kappa shape index (κ3) is 4.03. The molecule has 1 heterocycles. The van der Waals surface area contributed by atoms with Gasteiger partial charge in [0.1, 0.15) is 5.92 Å². The van der Waals surface area contributed by atoms with Gasteiger partial charge in [-0.05, 0) is 75.1 Å². The highest BCUT2D eigenvalue weighted by atomic mass is 16.3. The zero-order chi connectivity index (χ0) is 18.0. The fourth-order valence-electron chi connectivity index (χ4n) is 4.08. The number of aliphatic hydroxyl groups excluding tert-OH is 1. The topological polar surface area (TPSA) is 69.6 Å². The largest absolute Gasteiger partial charge is 0.396 e. The lowest BCUT2D eigenvalue weighted by molar-refractivity contribution is -0.132. The lowest BCUT2D eigenvalue weighted by atomic mass is 9.86. The lowest BCUT2D eigenvalue weighted by Gasteiger charge is -2.28. The highest BCUT2D eigenvalue weighted by molar-refractivity contribution is 6.09. The minimum Gasteiger partial charge on any atom is -0.396 e. The summed E-state index contributed by atoms with van der Waals surface area (Å²) in [5, 5.41) is 12.3. The highest BCUT2D eigenvalue weighted by Gasteiger charge is 2.38. The normalized spacial score (nSPS) is 26.8. The Morgan fingerprint density at radius 1 is 1.12 bits per heavy atom. The monoisotopic (exact) mass is 344 g/mol. The van der Waals surface area contributed by atoms with Gasteiger partial charge in [0, 0.05) is 24.9 Å². The molecule has 2 amide bonds. The third-order valence-corrected chi connectivity index (χ3v) is 5.49. The zero-order valence-electron chi connectivity index (χ0n) is 15.1. The average Bonchev–Trinajstić information content (AvgIpc) is 2.96. The SMILES string of the molecule is Cc1cc(C)cc(N2CCC(C(=O)NC3CCC(CO)CC3)C2=O)c1. The van der Waals surface area contributed by atoms with Crippen LogP contribution in [0.2, 0.25) is 0 Å². The van der Waals surface area contributed by atoms with Crippen LogP contribution >= 0.6 is 0 Å². The number of aliphatic hydroxyl groups is 1. The molecule has 0 radical (unpaired) electrons. The average molecular weight is 344 g/mol. The summed E-state index contributed by atoms with van der Waals surface area (Å²) in [6.07, 6.45) is 4.23. The van der Waals surface area contributed by atoms with Gasteiger partial charge in [0.15, 0.2) is 0 Å². The number of hydrogen-bond acceptors (Lipinski definition) is 3. The van der Waals surface area contributed by atoms with Crippen LogP contribution in [0.1, 0.15) is 43.2 Å². The van der Waals surface area contributed by atoms with E-state index in [1.807, 2.05) is 26.0 Å². The quantitative estimate of drug-likeness (QED) is 0.824. The fraction of sp³-hybridized carbons (Fsp3) is 0.600. The number of anilines is 1. The van der Waals surface area contributed by atoms with Crippen LogP contribution in [0.15, 0.2) is 18.2 Å². The van der Waals surface area contributed by atoms with E-state index in [0.29, 0.717) is 18.9 Å². The molecule has 1 aliphatic heterocycles. The van der Waals surface area contributed by atoms with Crippen LogP contribution in [0.25, 0.3) is 0 Å². The molecule has 1 aliphatic carbocycles. The number of carbonyl (C=O) groups excluding carboxylic acids is 2. The number of carbonyl (C=O) groups is 2. The van der Waals surface area contributed by atoms with Gasteiger partial charge in [0.25, 0.3) is 0 Å². The number of benzene rings is 1. The predicted molar refractivity (Wildman–Crippen MR) is 97.4 cm³/mol. The second kappa shape index (κ2) is 7.56. The number of hydrogen-bond donors (Lipinski definition) is 2. The first-order valence-corrected chi connectivity index (χ1v) is 9.29. The Morgan fingerprint density at radius 2 is 1.76 bits per heavy atom. The summed E-state index contributed by atoms with van der Waals surface area (Å²) in [6.45, 7) is 4.86. The van der Waals surface area contributed by atoms with Crippen molar-refractivity contribution < 1.29 is 14.7 Å². The van der Waals surface area contributed by atoms with Crippen molar-refractivity contribution in [3.8, 4) is 0 Å². The number of nitrogens with zero attached hydrogens (tertiary/aromatic N) is 1. The second-order valence-corrected chi connectivity index (χ2v) is 7.59. The molecular weight excluding hydrogens is 316 g/mol. The van der Waals surface area contributed by atoms with Gasteiger partial charge < -0.3 is 15.3 Å². The molecule has 1 atom stereocenters. The van der Waals surface area contributed by atoms with Crippen LogP contribution in [0.4, 0.5) is 5.69 Å². The first-order chi connectivity index (χ1) is 12.0. The van der Waals surface area contributed by atoms with Gasteiger partial charge in [-0.25, -0.2) is 0 Å². The summed E-state index contributed by atoms with van der Waals surface area (Å²) in [5.41, 5.74) is 3.13. The van der Waals surface area contributed by atoms with E-state index >= 15 is 0 Å². The van der Waals surface area contributed by atoms with E-state index in [1.54, 1.807) is 4.90 Å². The van der Waals surface area contributed by atoms with Gasteiger partial charge in [0.05, 0.1) is 0 Å². The Bertz CT molecular complexity index is 630. The molecule has 2 fully saturated rings. The summed E-state index contributed by atoms with van der Waals surface area (Å²) in [6, 6.07) is 6.22. The van der Waals surface area contributed by atoms with E-state index in [9.17, 15) is 14.7 Å². The lowest BCUT2D eigenvalue weighted by Crippen LogP contribution is -2.43. The molecule has 0 aromatic heterocycles. The smallest absolute Gasteiger partial charge is 0.239 e. The molecule has 2 aliphatic rings. The van der Waals surface area contributed by atoms with E-state index in [0.717, 1.165) is 42.5 Å². The first kappa shape index (κ1) is 17.9. The Balaban J connectivity index is 1.60. The molecule has 136 valence electrons. The van der Waals surface area contributed by atoms with Crippen LogP contribution in [0.5, 0.6) is 0 Å². The van der Waals surface area contributed by atoms with Crippen molar-refractivity contribution in [2.24, 2.45) is 11.8 Å². The Hall–Kier alpha value is -1.88. The Labute approximate surface area is 149 Å². The maximum Gasteiger partial charge on any atom is 0.239 e. The molecule has 1 saturated carbocycles. The fourth-order valence-corrected chi connectivity index (χ4v) is 4.08. The van der Waals surface area contributed by atoms with Crippen LogP contribution in [-0.4, -0.2) is 36.1 Å². The van der Waals surface area contributed by atoms with E-state index in [-0.39, 0.29) is 24.5 Å². The van der Waals surface area contributed by atoms with Crippen LogP contribution in [0, 0.1) is 25.7 Å². The predicted octanol–water partition coefficient (Wildman–Crippen LogP) is 2.32. The maximum atomic E-state index is 12.7. The number of amides is 2. The van der Waals surface area contributed by atoms with Crippen molar-refractivity contribution in [2.45, 2.75) is 52.0 Å². The van der Waals surface area contributed by atoms with Gasteiger partial charge >= 0.3 is 0 Å². The van der Waals surface area contributed by atoms with Crippen molar-refractivity contribution in [3.63, 3.8) is 0 Å². The molecule has 5 nitrogen and oxygen atoms in total. The minimum absolute atomic E-state index is 0.0912. The van der Waals surface area contributed by atoms with E-state index < -0.39 is 5.92 Å². The third-order valence-electron chi connectivity index (χ3n) is 5.49. The van der Waals surface area contributed by atoms with Crippen molar-refractivity contribution >= 4 is 17.5 Å². The van der Waals surface area contributed by atoms with Gasteiger partial charge in [0.2, 0.25) is 11.8 Å². The van der Waals surface area contributed by atoms with Crippen molar-refractivity contribution in [1.82, 2.24) is 5.32 Å². The summed E-state index contributed by atoms with van der Waals surface area (Å²) < 4.78 is 0. The van der Waals surface area contributed by atoms with E-state index in [4.69, 9.17) is 0 Å². The number of nitrogens with one attached hydrogen (secondary N) is 1. The molecule has 0 spiro atoms. The first-order valence-electron chi connectivity index (χ1n) is 9.29. The van der Waals surface area contributed by atoms with Gasteiger partial charge in [-0.1, -0.05) is 6.07 Å². The summed E-state index contributed by atoms with van der Waals surface area (Å²) in [7, 11) is 0. The molecule has 5 heteroatoms. The Morgan fingerprint density at radius 3 is 2.36 bits per heavy atom. The molecule has 1 aromatic rings. The molecule has 25 heavy (non-hydrogen) atoms. The van der Waals surface area contributed by atoms with E-state index in [2.05, 4.69) is 11.4 Å². The summed E-state index contributed by atoms with van der Waals surface area (Å²) >= 11 is 0. The Kier molecular flexibility index (Phi) is 5.42. The molecule has 0 bridgehead atoms. The van der Waals surface area contributed by atoms with Crippen molar-refractivity contribution in [2.75, 3.05) is 18.1 Å². The van der Waals surface area contributed by atoms with Crippen LogP contribution in [0.3, 0.4) is 0 Å². The van der Waals surface area contributed by atoms with Crippen molar-refractivity contribution in [1.29, 1.82) is 0 Å². The standard InChI is InChI=1S/C20H28N2O3/c1-13-9-14(2)11-17(10-13)22-8-7-18(20(22)25)19(24)21-16-5-3-15(12-23)4-6-16/h9-11,15-16,18,23H,3-8,12H2,1-2H3,(H,21,24). The highest BCUT2D eigenvalue weighted by Crippen LogP contribution is 2.28. The molecule has 1 aromatic carbocycles. The van der Waals surface area contributed by atoms with Crippen LogP contribution < -0.4 is 10.2 Å². The van der Waals surface area contributed by atoms with Crippen LogP contribution in [-0.2, 0) is 9.59 Å². The molecule has 1 unspecified atom stereocenters. The minimum atomic E-state index is -0.573. The molecular formula is C20H28N2O3. The summed E-state index contributed by atoms with van der Waals surface area (Å²) in [5.74, 6) is -0.437. The molecule has 1 saturated heterocycles. The maximum absolute atomic E-state index is 12.7. The van der Waals surface area contributed by atoms with E-state index in [1.165, 1.54) is 0 Å². The number of aryl methyl sites for hydroxylation is 2.